The minimum atomic E-state index is 0.580. The summed E-state index contributed by atoms with van der Waals surface area (Å²) in [4.78, 5) is 2.49. The summed E-state index contributed by atoms with van der Waals surface area (Å²) in [5, 5.41) is 0. The Bertz CT molecular complexity index is 577. The zero-order valence-electron chi connectivity index (χ0n) is 11.3. The Hall–Kier alpha value is -1.96. The van der Waals surface area contributed by atoms with Crippen molar-refractivity contribution in [3.05, 3.63) is 59.7 Å². The molecule has 3 rings (SSSR count). The molecule has 0 fully saturated rings. The number of nitrogens with two attached hydrogens (primary N) is 1. The summed E-state index contributed by atoms with van der Waals surface area (Å²) in [7, 11) is 0. The van der Waals surface area contributed by atoms with E-state index in [0.29, 0.717) is 6.04 Å². The van der Waals surface area contributed by atoms with Gasteiger partial charge in [0.25, 0.3) is 0 Å². The monoisotopic (exact) mass is 252 g/mol. The number of nitrogens with zero attached hydrogens (tertiary/aromatic N) is 1. The second-order valence-corrected chi connectivity index (χ2v) is 5.39. The second-order valence-electron chi connectivity index (χ2n) is 5.39. The Morgan fingerprint density at radius 2 is 2.00 bits per heavy atom. The number of fused-ring (bicyclic) bond motifs is 1. The summed E-state index contributed by atoms with van der Waals surface area (Å²) in [5.74, 6) is 0. The van der Waals surface area contributed by atoms with Crippen LogP contribution in [0.4, 0.5) is 11.4 Å². The third-order valence-corrected chi connectivity index (χ3v) is 3.97. The van der Waals surface area contributed by atoms with E-state index in [9.17, 15) is 0 Å². The maximum Gasteiger partial charge on any atom is 0.0433 e. The topological polar surface area (TPSA) is 29.3 Å². The molecular weight excluding hydrogens is 232 g/mol. The second kappa shape index (κ2) is 4.96. The molecule has 0 radical (unpaired) electrons. The Morgan fingerprint density at radius 3 is 2.84 bits per heavy atom. The van der Waals surface area contributed by atoms with Gasteiger partial charge in [-0.1, -0.05) is 30.3 Å². The standard InChI is InChI=1S/C17H20N2/c1-13-9-10-15-6-2-3-8-17(15)19(13)12-14-5-4-7-16(18)11-14/h2-8,11,13H,9-10,12,18H2,1H3. The molecule has 0 spiro atoms. The van der Waals surface area contributed by atoms with Gasteiger partial charge in [-0.25, -0.2) is 0 Å². The first kappa shape index (κ1) is 12.1. The zero-order chi connectivity index (χ0) is 13.2. The van der Waals surface area contributed by atoms with Gasteiger partial charge in [0.2, 0.25) is 0 Å². The number of hydrogen-bond donors (Lipinski definition) is 1. The summed E-state index contributed by atoms with van der Waals surface area (Å²) in [5.41, 5.74) is 10.8. The van der Waals surface area contributed by atoms with Crippen LogP contribution in [0.3, 0.4) is 0 Å². The lowest BCUT2D eigenvalue weighted by atomic mass is 9.96. The molecular formula is C17H20N2. The van der Waals surface area contributed by atoms with Crippen LogP contribution in [0.25, 0.3) is 0 Å². The first-order valence-electron chi connectivity index (χ1n) is 6.93. The molecule has 0 aromatic heterocycles. The molecule has 98 valence electrons. The molecule has 1 heterocycles. The van der Waals surface area contributed by atoms with E-state index in [1.807, 2.05) is 12.1 Å². The van der Waals surface area contributed by atoms with Crippen molar-refractivity contribution in [3.63, 3.8) is 0 Å². The van der Waals surface area contributed by atoms with Crippen molar-refractivity contribution in [2.75, 3.05) is 10.6 Å². The average Bonchev–Trinajstić information content (AvgIpc) is 2.42. The fourth-order valence-corrected chi connectivity index (χ4v) is 2.89. The van der Waals surface area contributed by atoms with E-state index in [2.05, 4.69) is 48.2 Å². The Morgan fingerprint density at radius 1 is 1.16 bits per heavy atom. The SMILES string of the molecule is CC1CCc2ccccc2N1Cc1cccc(N)c1. The molecule has 2 nitrogen and oxygen atoms in total. The molecule has 1 unspecified atom stereocenters. The smallest absolute Gasteiger partial charge is 0.0433 e. The molecule has 0 bridgehead atoms. The van der Waals surface area contributed by atoms with E-state index < -0.39 is 0 Å². The minimum absolute atomic E-state index is 0.580. The predicted molar refractivity (Wildman–Crippen MR) is 81.3 cm³/mol. The minimum Gasteiger partial charge on any atom is -0.399 e. The summed E-state index contributed by atoms with van der Waals surface area (Å²) in [6.45, 7) is 3.24. The molecule has 0 saturated heterocycles. The molecule has 2 heteroatoms. The van der Waals surface area contributed by atoms with Crippen LogP contribution in [-0.2, 0) is 13.0 Å². The third-order valence-electron chi connectivity index (χ3n) is 3.97. The van der Waals surface area contributed by atoms with E-state index in [1.165, 1.54) is 29.7 Å². The van der Waals surface area contributed by atoms with E-state index in [0.717, 1.165) is 12.2 Å². The van der Waals surface area contributed by atoms with Crippen LogP contribution < -0.4 is 10.6 Å². The first-order valence-corrected chi connectivity index (χ1v) is 6.93. The molecule has 0 saturated carbocycles. The van der Waals surface area contributed by atoms with Crippen molar-refractivity contribution in [1.82, 2.24) is 0 Å². The van der Waals surface area contributed by atoms with Crippen LogP contribution in [-0.4, -0.2) is 6.04 Å². The molecule has 2 aromatic carbocycles. The van der Waals surface area contributed by atoms with Gasteiger partial charge < -0.3 is 10.6 Å². The number of rotatable bonds is 2. The van der Waals surface area contributed by atoms with E-state index in [1.54, 1.807) is 0 Å². The Kier molecular flexibility index (Phi) is 3.16. The highest BCUT2D eigenvalue weighted by Crippen LogP contribution is 2.31. The van der Waals surface area contributed by atoms with Crippen molar-refractivity contribution < 1.29 is 0 Å². The van der Waals surface area contributed by atoms with E-state index in [4.69, 9.17) is 5.73 Å². The average molecular weight is 252 g/mol. The fourth-order valence-electron chi connectivity index (χ4n) is 2.89. The van der Waals surface area contributed by atoms with Crippen LogP contribution in [0, 0.1) is 0 Å². The summed E-state index contributed by atoms with van der Waals surface area (Å²) < 4.78 is 0. The van der Waals surface area contributed by atoms with E-state index in [-0.39, 0.29) is 0 Å². The van der Waals surface area contributed by atoms with Gasteiger partial charge in [0.1, 0.15) is 0 Å². The van der Waals surface area contributed by atoms with Crippen molar-refractivity contribution in [3.8, 4) is 0 Å². The summed E-state index contributed by atoms with van der Waals surface area (Å²) in [6.07, 6.45) is 2.41. The van der Waals surface area contributed by atoms with Gasteiger partial charge in [0.05, 0.1) is 0 Å². The summed E-state index contributed by atoms with van der Waals surface area (Å²) in [6, 6.07) is 17.5. The molecule has 19 heavy (non-hydrogen) atoms. The van der Waals surface area contributed by atoms with Crippen molar-refractivity contribution in [2.45, 2.75) is 32.4 Å². The van der Waals surface area contributed by atoms with Crippen LogP contribution >= 0.6 is 0 Å². The highest BCUT2D eigenvalue weighted by atomic mass is 15.2. The highest BCUT2D eigenvalue weighted by molar-refractivity contribution is 5.57. The lowest BCUT2D eigenvalue weighted by Gasteiger charge is -2.37. The van der Waals surface area contributed by atoms with Crippen LogP contribution in [0.2, 0.25) is 0 Å². The maximum absolute atomic E-state index is 5.87. The lowest BCUT2D eigenvalue weighted by Crippen LogP contribution is -2.36. The summed E-state index contributed by atoms with van der Waals surface area (Å²) >= 11 is 0. The van der Waals surface area contributed by atoms with Crippen LogP contribution in [0.1, 0.15) is 24.5 Å². The molecule has 1 atom stereocenters. The number of anilines is 2. The number of benzene rings is 2. The first-order chi connectivity index (χ1) is 9.24. The van der Waals surface area contributed by atoms with Gasteiger partial charge >= 0.3 is 0 Å². The molecule has 2 N–H and O–H groups in total. The van der Waals surface area contributed by atoms with E-state index >= 15 is 0 Å². The number of hydrogen-bond acceptors (Lipinski definition) is 2. The molecule has 2 aromatic rings. The number of nitrogen functional groups attached to an aromatic ring is 1. The number of para-hydroxylation sites is 1. The highest BCUT2D eigenvalue weighted by Gasteiger charge is 2.22. The predicted octanol–water partition coefficient (Wildman–Crippen LogP) is 3.61. The zero-order valence-corrected chi connectivity index (χ0v) is 11.3. The van der Waals surface area contributed by atoms with Gasteiger partial charge in [0.15, 0.2) is 0 Å². The molecule has 1 aliphatic heterocycles. The quantitative estimate of drug-likeness (QED) is 0.827. The maximum atomic E-state index is 5.87. The van der Waals surface area contributed by atoms with Gasteiger partial charge in [-0.2, -0.15) is 0 Å². The normalized spacial score (nSPS) is 18.2. The van der Waals surface area contributed by atoms with Crippen molar-refractivity contribution in [1.29, 1.82) is 0 Å². The van der Waals surface area contributed by atoms with Crippen LogP contribution in [0.15, 0.2) is 48.5 Å². The van der Waals surface area contributed by atoms with Gasteiger partial charge in [-0.05, 0) is 49.1 Å². The van der Waals surface area contributed by atoms with Crippen molar-refractivity contribution in [2.24, 2.45) is 0 Å². The van der Waals surface area contributed by atoms with Gasteiger partial charge in [-0.15, -0.1) is 0 Å². The fraction of sp³-hybridized carbons (Fsp3) is 0.294. The number of aryl methyl sites for hydroxylation is 1. The molecule has 1 aliphatic rings. The largest absolute Gasteiger partial charge is 0.399 e. The Balaban J connectivity index is 1.91. The van der Waals surface area contributed by atoms with Crippen molar-refractivity contribution >= 4 is 11.4 Å². The Labute approximate surface area is 114 Å². The third kappa shape index (κ3) is 2.43. The molecule has 0 amide bonds. The van der Waals surface area contributed by atoms with Gasteiger partial charge in [0, 0.05) is 24.0 Å². The van der Waals surface area contributed by atoms with Gasteiger partial charge in [-0.3, -0.25) is 0 Å². The lowest BCUT2D eigenvalue weighted by molar-refractivity contribution is 0.560. The van der Waals surface area contributed by atoms with Crippen LogP contribution in [0.5, 0.6) is 0 Å². The molecule has 0 aliphatic carbocycles.